The van der Waals surface area contributed by atoms with E-state index in [0.717, 1.165) is 11.3 Å². The van der Waals surface area contributed by atoms with Crippen LogP contribution in [0.4, 0.5) is 4.79 Å². The molecule has 1 amide bonds. The van der Waals surface area contributed by atoms with Crippen LogP contribution in [0.25, 0.3) is 17.2 Å². The maximum atomic E-state index is 12.1. The number of nitrogens with one attached hydrogen (secondary N) is 1. The zero-order valence-corrected chi connectivity index (χ0v) is 16.8. The van der Waals surface area contributed by atoms with Gasteiger partial charge in [0.05, 0.1) is 10.7 Å². The van der Waals surface area contributed by atoms with E-state index in [9.17, 15) is 4.79 Å². The first kappa shape index (κ1) is 19.2. The summed E-state index contributed by atoms with van der Waals surface area (Å²) in [5, 5.41) is 3.36. The van der Waals surface area contributed by atoms with Crippen molar-refractivity contribution >= 4 is 23.8 Å². The fourth-order valence-electron chi connectivity index (χ4n) is 3.69. The molecule has 1 aromatic heterocycles. The number of hydrogen-bond acceptors (Lipinski definition) is 3. The van der Waals surface area contributed by atoms with Crippen LogP contribution in [0, 0.1) is 6.92 Å². The molecule has 1 aliphatic rings. The number of nitrogens with zero attached hydrogens (tertiary/aromatic N) is 1. The van der Waals surface area contributed by atoms with Crippen molar-refractivity contribution in [1.29, 1.82) is 0 Å². The van der Waals surface area contributed by atoms with Crippen molar-refractivity contribution in [3.05, 3.63) is 94.3 Å². The molecule has 3 aromatic rings. The predicted molar refractivity (Wildman–Crippen MR) is 116 cm³/mol. The van der Waals surface area contributed by atoms with Crippen molar-refractivity contribution in [2.45, 2.75) is 12.8 Å². The molecule has 4 rings (SSSR count). The number of alkyl carbamates (subject to hydrolysis) is 1. The van der Waals surface area contributed by atoms with Gasteiger partial charge in [-0.05, 0) is 46.9 Å². The van der Waals surface area contributed by atoms with E-state index >= 15 is 0 Å². The van der Waals surface area contributed by atoms with Gasteiger partial charge in [0.15, 0.2) is 0 Å². The molecule has 0 spiro atoms. The Bertz CT molecular complexity index is 1030. The van der Waals surface area contributed by atoms with Crippen molar-refractivity contribution < 1.29 is 9.53 Å². The van der Waals surface area contributed by atoms with Crippen molar-refractivity contribution in [3.8, 4) is 11.1 Å². The van der Waals surface area contributed by atoms with Crippen LogP contribution in [-0.2, 0) is 4.74 Å². The number of hydrogen-bond donors (Lipinski definition) is 1. The second-order valence-corrected chi connectivity index (χ2v) is 7.40. The summed E-state index contributed by atoms with van der Waals surface area (Å²) in [6.45, 7) is 2.61. The van der Waals surface area contributed by atoms with Gasteiger partial charge in [0.2, 0.25) is 0 Å². The van der Waals surface area contributed by atoms with E-state index < -0.39 is 6.09 Å². The second kappa shape index (κ2) is 8.50. The lowest BCUT2D eigenvalue weighted by molar-refractivity contribution is 0.144. The van der Waals surface area contributed by atoms with Gasteiger partial charge in [0.25, 0.3) is 0 Å². The molecule has 0 radical (unpaired) electrons. The summed E-state index contributed by atoms with van der Waals surface area (Å²) in [5.41, 5.74) is 6.63. The van der Waals surface area contributed by atoms with Gasteiger partial charge in [-0.3, -0.25) is 4.98 Å². The minimum absolute atomic E-state index is 0.0598. The zero-order valence-electron chi connectivity index (χ0n) is 16.1. The first-order chi connectivity index (χ1) is 14.1. The van der Waals surface area contributed by atoms with Gasteiger partial charge >= 0.3 is 6.09 Å². The minimum Gasteiger partial charge on any atom is -0.449 e. The number of pyridine rings is 1. The average molecular weight is 405 g/mol. The van der Waals surface area contributed by atoms with E-state index in [1.165, 1.54) is 22.3 Å². The van der Waals surface area contributed by atoms with Crippen LogP contribution in [0.3, 0.4) is 0 Å². The monoisotopic (exact) mass is 404 g/mol. The van der Waals surface area contributed by atoms with E-state index in [2.05, 4.69) is 34.6 Å². The molecule has 0 saturated heterocycles. The molecule has 146 valence electrons. The van der Waals surface area contributed by atoms with E-state index in [1.807, 2.05) is 49.4 Å². The van der Waals surface area contributed by atoms with Crippen LogP contribution in [0.1, 0.15) is 28.3 Å². The Kier molecular flexibility index (Phi) is 5.63. The number of ether oxygens (including phenoxy) is 1. The van der Waals surface area contributed by atoms with Gasteiger partial charge in [0.1, 0.15) is 6.61 Å². The molecule has 5 heteroatoms. The lowest BCUT2D eigenvalue weighted by Gasteiger charge is -2.14. The lowest BCUT2D eigenvalue weighted by atomic mass is 9.98. The molecule has 2 aromatic carbocycles. The molecular formula is C24H21ClN2O2. The van der Waals surface area contributed by atoms with Crippen molar-refractivity contribution in [2.75, 3.05) is 13.2 Å². The lowest BCUT2D eigenvalue weighted by Crippen LogP contribution is -2.26. The van der Waals surface area contributed by atoms with Gasteiger partial charge in [-0.2, -0.15) is 0 Å². The molecule has 4 nitrogen and oxygen atoms in total. The first-order valence-electron chi connectivity index (χ1n) is 9.51. The average Bonchev–Trinajstić information content (AvgIpc) is 3.05. The number of carbonyl (C=O) groups excluding carboxylic acids is 1. The summed E-state index contributed by atoms with van der Waals surface area (Å²) in [5.74, 6) is 0.0598. The Morgan fingerprint density at radius 3 is 2.45 bits per heavy atom. The van der Waals surface area contributed by atoms with Crippen LogP contribution >= 0.6 is 11.6 Å². The molecule has 0 aliphatic heterocycles. The van der Waals surface area contributed by atoms with Crippen molar-refractivity contribution in [2.24, 2.45) is 0 Å². The SMILES string of the molecule is Cc1cc(Cl)cnc1C=CCNC(=O)OCC1c2ccccc2-c2ccccc21. The third-order valence-corrected chi connectivity index (χ3v) is 5.28. The molecule has 29 heavy (non-hydrogen) atoms. The molecule has 0 atom stereocenters. The second-order valence-electron chi connectivity index (χ2n) is 6.96. The molecule has 1 aliphatic carbocycles. The van der Waals surface area contributed by atoms with Crippen LogP contribution in [-0.4, -0.2) is 24.2 Å². The molecule has 1 N–H and O–H groups in total. The molecule has 1 heterocycles. The highest BCUT2D eigenvalue weighted by atomic mass is 35.5. The summed E-state index contributed by atoms with van der Waals surface area (Å²) in [4.78, 5) is 16.4. The highest BCUT2D eigenvalue weighted by Gasteiger charge is 2.28. The van der Waals surface area contributed by atoms with Gasteiger partial charge in [0, 0.05) is 18.7 Å². The smallest absolute Gasteiger partial charge is 0.407 e. The number of aromatic nitrogens is 1. The Labute approximate surface area is 175 Å². The number of benzene rings is 2. The van der Waals surface area contributed by atoms with E-state index in [1.54, 1.807) is 6.20 Å². The number of fused-ring (bicyclic) bond motifs is 3. The first-order valence-corrected chi connectivity index (χ1v) is 9.89. The third-order valence-electron chi connectivity index (χ3n) is 5.07. The Hall–Kier alpha value is -3.11. The number of halogens is 1. The Balaban J connectivity index is 1.34. The van der Waals surface area contributed by atoms with E-state index in [-0.39, 0.29) is 5.92 Å². The van der Waals surface area contributed by atoms with Crippen LogP contribution in [0.5, 0.6) is 0 Å². The molecule has 0 unspecified atom stereocenters. The normalized spacial score (nSPS) is 12.6. The summed E-state index contributed by atoms with van der Waals surface area (Å²) < 4.78 is 5.51. The maximum absolute atomic E-state index is 12.1. The maximum Gasteiger partial charge on any atom is 0.407 e. The summed E-state index contributed by atoms with van der Waals surface area (Å²) in [6.07, 6.45) is 4.87. The topological polar surface area (TPSA) is 51.2 Å². The van der Waals surface area contributed by atoms with Crippen molar-refractivity contribution in [1.82, 2.24) is 10.3 Å². The van der Waals surface area contributed by atoms with Gasteiger partial charge in [-0.1, -0.05) is 66.2 Å². The van der Waals surface area contributed by atoms with E-state index in [4.69, 9.17) is 16.3 Å². The predicted octanol–water partition coefficient (Wildman–Crippen LogP) is 5.60. The van der Waals surface area contributed by atoms with Crippen LogP contribution < -0.4 is 5.32 Å². The number of amides is 1. The molecule has 0 bridgehead atoms. The van der Waals surface area contributed by atoms with Gasteiger partial charge < -0.3 is 10.1 Å². The fourth-order valence-corrected chi connectivity index (χ4v) is 3.90. The summed E-state index contributed by atoms with van der Waals surface area (Å²) in [6, 6.07) is 18.4. The summed E-state index contributed by atoms with van der Waals surface area (Å²) in [7, 11) is 0. The molecular weight excluding hydrogens is 384 g/mol. The van der Waals surface area contributed by atoms with Gasteiger partial charge in [-0.15, -0.1) is 0 Å². The number of carbonyl (C=O) groups is 1. The van der Waals surface area contributed by atoms with Crippen LogP contribution in [0.2, 0.25) is 5.02 Å². The molecule has 0 saturated carbocycles. The summed E-state index contributed by atoms with van der Waals surface area (Å²) >= 11 is 5.91. The standard InChI is InChI=1S/C24H21ClN2O2/c1-16-13-17(25)14-27-23(16)11-6-12-26-24(28)29-15-22-20-9-4-2-7-18(20)19-8-3-5-10-21(19)22/h2-11,13-14,22H,12,15H2,1H3,(H,26,28). The van der Waals surface area contributed by atoms with E-state index in [0.29, 0.717) is 18.2 Å². The van der Waals surface area contributed by atoms with Crippen molar-refractivity contribution in [3.63, 3.8) is 0 Å². The Morgan fingerprint density at radius 1 is 1.14 bits per heavy atom. The van der Waals surface area contributed by atoms with Gasteiger partial charge in [-0.25, -0.2) is 4.79 Å². The zero-order chi connectivity index (χ0) is 20.2. The highest BCUT2D eigenvalue weighted by molar-refractivity contribution is 6.30. The fraction of sp³-hybridized carbons (Fsp3) is 0.167. The highest BCUT2D eigenvalue weighted by Crippen LogP contribution is 2.44. The molecule has 0 fully saturated rings. The minimum atomic E-state index is -0.433. The largest absolute Gasteiger partial charge is 0.449 e. The third kappa shape index (κ3) is 4.17. The quantitative estimate of drug-likeness (QED) is 0.602. The number of rotatable bonds is 5. The Morgan fingerprint density at radius 2 is 1.79 bits per heavy atom. The number of aryl methyl sites for hydroxylation is 1. The van der Waals surface area contributed by atoms with Crippen LogP contribution in [0.15, 0.2) is 66.9 Å².